The molecular formula is C26H19ClN4O2. The Morgan fingerprint density at radius 1 is 1.09 bits per heavy atom. The third kappa shape index (κ3) is 3.31. The second-order valence-corrected chi connectivity index (χ2v) is 8.54. The lowest BCUT2D eigenvalue weighted by Crippen LogP contribution is -2.25. The third-order valence-corrected chi connectivity index (χ3v) is 6.23. The minimum absolute atomic E-state index is 0.147. The molecule has 1 atom stereocenters. The molecule has 3 aromatic heterocycles. The lowest BCUT2D eigenvalue weighted by atomic mass is 10.0. The molecule has 7 heteroatoms. The van der Waals surface area contributed by atoms with Gasteiger partial charge in [0.2, 0.25) is 5.91 Å². The van der Waals surface area contributed by atoms with E-state index in [1.165, 1.54) is 11.9 Å². The molecule has 6 nitrogen and oxygen atoms in total. The number of H-pyrrole nitrogens is 1. The summed E-state index contributed by atoms with van der Waals surface area (Å²) >= 11 is 6.31. The second-order valence-electron chi connectivity index (χ2n) is 8.11. The van der Waals surface area contributed by atoms with Crippen LogP contribution in [0.1, 0.15) is 30.8 Å². The molecule has 1 N–H and O–H groups in total. The van der Waals surface area contributed by atoms with Gasteiger partial charge in [-0.1, -0.05) is 41.9 Å². The predicted octanol–water partition coefficient (Wildman–Crippen LogP) is 6.33. The molecule has 2 aromatic carbocycles. The first-order chi connectivity index (χ1) is 16.1. The lowest BCUT2D eigenvalue weighted by molar-refractivity contribution is -0.130. The zero-order valence-electron chi connectivity index (χ0n) is 17.7. The summed E-state index contributed by atoms with van der Waals surface area (Å²) in [5.74, 6) is 0.513. The number of nitrogens with zero attached hydrogens (tertiary/aromatic N) is 3. The van der Waals surface area contributed by atoms with Crippen LogP contribution < -0.4 is 0 Å². The van der Waals surface area contributed by atoms with Crippen molar-refractivity contribution >= 4 is 45.0 Å². The van der Waals surface area contributed by atoms with Crippen LogP contribution in [0.4, 0.5) is 0 Å². The average Bonchev–Trinajstić information content (AvgIpc) is 3.56. The number of furan rings is 1. The van der Waals surface area contributed by atoms with Crippen molar-refractivity contribution in [2.24, 2.45) is 5.10 Å². The van der Waals surface area contributed by atoms with Gasteiger partial charge in [-0.15, -0.1) is 0 Å². The largest absolute Gasteiger partial charge is 0.463 e. The van der Waals surface area contributed by atoms with Gasteiger partial charge in [0.05, 0.1) is 23.2 Å². The molecule has 1 aliphatic rings. The van der Waals surface area contributed by atoms with Crippen LogP contribution >= 0.6 is 11.6 Å². The van der Waals surface area contributed by atoms with Gasteiger partial charge >= 0.3 is 0 Å². The van der Waals surface area contributed by atoms with E-state index in [-0.39, 0.29) is 11.9 Å². The monoisotopic (exact) mass is 454 g/mol. The number of pyridine rings is 1. The smallest absolute Gasteiger partial charge is 0.240 e. The van der Waals surface area contributed by atoms with Crippen molar-refractivity contribution in [1.82, 2.24) is 15.0 Å². The molecule has 4 heterocycles. The number of fused-ring (bicyclic) bond motifs is 3. The number of rotatable bonds is 3. The molecule has 0 aliphatic carbocycles. The van der Waals surface area contributed by atoms with E-state index in [0.29, 0.717) is 17.2 Å². The summed E-state index contributed by atoms with van der Waals surface area (Å²) in [7, 11) is 0. The number of hydrazone groups is 1. The van der Waals surface area contributed by atoms with E-state index in [9.17, 15) is 4.79 Å². The maximum absolute atomic E-state index is 12.5. The Hall–Kier alpha value is -3.90. The zero-order chi connectivity index (χ0) is 22.5. The van der Waals surface area contributed by atoms with Crippen molar-refractivity contribution in [3.8, 4) is 11.3 Å². The fourth-order valence-corrected chi connectivity index (χ4v) is 4.69. The molecule has 6 rings (SSSR count). The molecule has 1 aliphatic heterocycles. The Morgan fingerprint density at radius 2 is 1.97 bits per heavy atom. The normalized spacial score (nSPS) is 16.0. The Morgan fingerprint density at radius 3 is 2.76 bits per heavy atom. The van der Waals surface area contributed by atoms with E-state index in [1.807, 2.05) is 54.6 Å². The van der Waals surface area contributed by atoms with Crippen molar-refractivity contribution in [3.63, 3.8) is 0 Å². The lowest BCUT2D eigenvalue weighted by Gasteiger charge is -2.20. The maximum Gasteiger partial charge on any atom is 0.240 e. The molecule has 33 heavy (non-hydrogen) atoms. The van der Waals surface area contributed by atoms with Gasteiger partial charge in [0.25, 0.3) is 0 Å². The van der Waals surface area contributed by atoms with Crippen molar-refractivity contribution in [1.29, 1.82) is 0 Å². The van der Waals surface area contributed by atoms with Gasteiger partial charge in [0, 0.05) is 40.2 Å². The van der Waals surface area contributed by atoms with Crippen molar-refractivity contribution < 1.29 is 9.21 Å². The van der Waals surface area contributed by atoms with Crippen LogP contribution in [0.5, 0.6) is 0 Å². The molecule has 0 radical (unpaired) electrons. The van der Waals surface area contributed by atoms with Gasteiger partial charge in [-0.25, -0.2) is 9.99 Å². The number of carbonyl (C=O) groups excluding carboxylic acids is 1. The average molecular weight is 455 g/mol. The van der Waals surface area contributed by atoms with Crippen LogP contribution in [0.3, 0.4) is 0 Å². The standard InChI is InChI=1S/C26H19ClN4O2/c1-15(32)31-23(14-22(30-31)24-10-5-11-33-24)21-13-19-18-8-2-3-9-20(18)28-26(19)25(29-21)16-6-4-7-17(27)12-16/h2-13,23,28H,14H2,1H3. The number of nitrogens with one attached hydrogen (secondary N) is 1. The Bertz CT molecular complexity index is 1550. The van der Waals surface area contributed by atoms with Crippen LogP contribution in [-0.4, -0.2) is 26.6 Å². The SMILES string of the molecule is CC(=O)N1N=C(c2ccco2)CC1c1cc2c([nH]c3ccccc32)c(-c2cccc(Cl)c2)n1. The highest BCUT2D eigenvalue weighted by Gasteiger charge is 2.34. The number of hydrogen-bond donors (Lipinski definition) is 1. The zero-order valence-corrected chi connectivity index (χ0v) is 18.5. The minimum Gasteiger partial charge on any atom is -0.463 e. The van der Waals surface area contributed by atoms with E-state index in [0.717, 1.165) is 44.5 Å². The fraction of sp³-hybridized carbons (Fsp3) is 0.115. The Kier molecular flexibility index (Phi) is 4.55. The Balaban J connectivity index is 1.57. The van der Waals surface area contributed by atoms with Gasteiger partial charge in [0.1, 0.15) is 17.5 Å². The van der Waals surface area contributed by atoms with Crippen molar-refractivity contribution in [2.75, 3.05) is 0 Å². The highest BCUT2D eigenvalue weighted by atomic mass is 35.5. The fourth-order valence-electron chi connectivity index (χ4n) is 4.50. The first-order valence-corrected chi connectivity index (χ1v) is 11.0. The van der Waals surface area contributed by atoms with Gasteiger partial charge in [0.15, 0.2) is 0 Å². The van der Waals surface area contributed by atoms with Crippen LogP contribution in [0.2, 0.25) is 5.02 Å². The van der Waals surface area contributed by atoms with E-state index in [1.54, 1.807) is 6.26 Å². The summed E-state index contributed by atoms with van der Waals surface area (Å²) in [5, 5.41) is 8.85. The van der Waals surface area contributed by atoms with Gasteiger partial charge in [-0.05, 0) is 36.4 Å². The molecule has 0 bridgehead atoms. The number of para-hydroxylation sites is 1. The van der Waals surface area contributed by atoms with Crippen LogP contribution in [0, 0.1) is 0 Å². The highest BCUT2D eigenvalue weighted by Crippen LogP contribution is 2.38. The highest BCUT2D eigenvalue weighted by molar-refractivity contribution is 6.31. The molecule has 1 amide bonds. The molecular weight excluding hydrogens is 436 g/mol. The van der Waals surface area contributed by atoms with Crippen LogP contribution in [-0.2, 0) is 4.79 Å². The molecule has 162 valence electrons. The summed E-state index contributed by atoms with van der Waals surface area (Å²) in [6.45, 7) is 1.52. The number of hydrogen-bond acceptors (Lipinski definition) is 4. The summed E-state index contributed by atoms with van der Waals surface area (Å²) < 4.78 is 5.54. The number of aromatic amines is 1. The molecule has 0 fully saturated rings. The van der Waals surface area contributed by atoms with Gasteiger partial charge in [-0.3, -0.25) is 4.79 Å². The third-order valence-electron chi connectivity index (χ3n) is 5.99. The second kappa shape index (κ2) is 7.60. The summed E-state index contributed by atoms with van der Waals surface area (Å²) in [5.41, 5.74) is 5.14. The first kappa shape index (κ1) is 19.8. The first-order valence-electron chi connectivity index (χ1n) is 10.7. The Labute approximate surface area is 194 Å². The minimum atomic E-state index is -0.335. The topological polar surface area (TPSA) is 74.5 Å². The molecule has 1 unspecified atom stereocenters. The van der Waals surface area contributed by atoms with Crippen LogP contribution in [0.15, 0.2) is 82.5 Å². The summed E-state index contributed by atoms with van der Waals surface area (Å²) in [6.07, 6.45) is 2.12. The quantitative estimate of drug-likeness (QED) is 0.346. The summed E-state index contributed by atoms with van der Waals surface area (Å²) in [6, 6.07) is 21.2. The number of carbonyl (C=O) groups is 1. The molecule has 0 saturated heterocycles. The number of amides is 1. The number of aromatic nitrogens is 2. The van der Waals surface area contributed by atoms with E-state index in [4.69, 9.17) is 21.0 Å². The van der Waals surface area contributed by atoms with Crippen LogP contribution in [0.25, 0.3) is 33.1 Å². The molecule has 5 aromatic rings. The number of benzene rings is 2. The molecule has 0 saturated carbocycles. The maximum atomic E-state index is 12.5. The predicted molar refractivity (Wildman–Crippen MR) is 129 cm³/mol. The van der Waals surface area contributed by atoms with Gasteiger partial charge in [-0.2, -0.15) is 5.10 Å². The van der Waals surface area contributed by atoms with Gasteiger partial charge < -0.3 is 9.40 Å². The summed E-state index contributed by atoms with van der Waals surface area (Å²) in [4.78, 5) is 21.1. The van der Waals surface area contributed by atoms with E-state index < -0.39 is 0 Å². The van der Waals surface area contributed by atoms with E-state index >= 15 is 0 Å². The molecule has 0 spiro atoms. The van der Waals surface area contributed by atoms with Crippen molar-refractivity contribution in [2.45, 2.75) is 19.4 Å². The van der Waals surface area contributed by atoms with E-state index in [2.05, 4.69) is 22.2 Å². The number of halogens is 1. The van der Waals surface area contributed by atoms with Crippen molar-refractivity contribution in [3.05, 3.63) is 89.5 Å².